The van der Waals surface area contributed by atoms with Gasteiger partial charge in [0.15, 0.2) is 0 Å². The van der Waals surface area contributed by atoms with Gasteiger partial charge < -0.3 is 4.90 Å². The number of nitrogens with one attached hydrogen (secondary N) is 1. The zero-order valence-corrected chi connectivity index (χ0v) is 15.3. The van der Waals surface area contributed by atoms with Crippen molar-refractivity contribution in [3.63, 3.8) is 0 Å². The van der Waals surface area contributed by atoms with Crippen LogP contribution >= 0.6 is 11.6 Å². The van der Waals surface area contributed by atoms with Crippen molar-refractivity contribution >= 4 is 17.5 Å². The summed E-state index contributed by atoms with van der Waals surface area (Å²) in [5.41, 5.74) is 3.54. The summed E-state index contributed by atoms with van der Waals surface area (Å²) in [7, 11) is 0. The van der Waals surface area contributed by atoms with Crippen LogP contribution in [0.15, 0.2) is 60.8 Å². The lowest BCUT2D eigenvalue weighted by Crippen LogP contribution is -2.34. The Hall–Kier alpha value is -2.59. The molecule has 26 heavy (non-hydrogen) atoms. The molecule has 2 aromatic carbocycles. The third-order valence-electron chi connectivity index (χ3n) is 5.11. The van der Waals surface area contributed by atoms with Crippen LogP contribution in [0, 0.1) is 0 Å². The van der Waals surface area contributed by atoms with E-state index in [0.717, 1.165) is 24.2 Å². The number of benzene rings is 2. The van der Waals surface area contributed by atoms with Gasteiger partial charge in [-0.15, -0.1) is 0 Å². The van der Waals surface area contributed by atoms with Gasteiger partial charge in [-0.05, 0) is 31.0 Å². The molecule has 2 heterocycles. The summed E-state index contributed by atoms with van der Waals surface area (Å²) >= 11 is 5.97. The Balaban J connectivity index is 1.59. The van der Waals surface area contributed by atoms with E-state index in [4.69, 9.17) is 11.6 Å². The maximum atomic E-state index is 13.2. The summed E-state index contributed by atoms with van der Waals surface area (Å²) < 4.78 is 0. The number of likely N-dealkylation sites (tertiary alicyclic amines) is 1. The summed E-state index contributed by atoms with van der Waals surface area (Å²) in [6, 6.07) is 18.0. The highest BCUT2D eigenvalue weighted by atomic mass is 35.5. The van der Waals surface area contributed by atoms with Crippen molar-refractivity contribution in [2.24, 2.45) is 0 Å². The Morgan fingerprint density at radius 2 is 1.88 bits per heavy atom. The first-order valence-electron chi connectivity index (χ1n) is 8.78. The van der Waals surface area contributed by atoms with E-state index in [-0.39, 0.29) is 11.9 Å². The van der Waals surface area contributed by atoms with E-state index in [2.05, 4.69) is 41.4 Å². The summed E-state index contributed by atoms with van der Waals surface area (Å²) in [6.07, 6.45) is 2.60. The molecule has 1 fully saturated rings. The number of halogens is 1. The van der Waals surface area contributed by atoms with Crippen LogP contribution < -0.4 is 0 Å². The third kappa shape index (κ3) is 3.13. The first-order chi connectivity index (χ1) is 12.6. The van der Waals surface area contributed by atoms with E-state index >= 15 is 0 Å². The van der Waals surface area contributed by atoms with E-state index in [9.17, 15) is 4.79 Å². The van der Waals surface area contributed by atoms with Crippen molar-refractivity contribution in [3.05, 3.63) is 76.9 Å². The minimum absolute atomic E-state index is 0.0228. The number of carbonyl (C=O) groups is 1. The van der Waals surface area contributed by atoms with Crippen molar-refractivity contribution in [1.29, 1.82) is 0 Å². The van der Waals surface area contributed by atoms with Gasteiger partial charge in [-0.1, -0.05) is 54.1 Å². The zero-order chi connectivity index (χ0) is 18.1. The average Bonchev–Trinajstić information content (AvgIpc) is 3.29. The fraction of sp³-hybridized carbons (Fsp3) is 0.238. The Labute approximate surface area is 157 Å². The molecule has 2 unspecified atom stereocenters. The number of rotatable bonds is 3. The number of amides is 1. The molecule has 1 aromatic heterocycles. The summed E-state index contributed by atoms with van der Waals surface area (Å²) in [5.74, 6) is 0.399. The fourth-order valence-corrected chi connectivity index (χ4v) is 3.85. The number of hydrogen-bond donors (Lipinski definition) is 1. The minimum Gasteiger partial charge on any atom is -0.335 e. The molecule has 1 aliphatic rings. The van der Waals surface area contributed by atoms with Crippen molar-refractivity contribution in [2.75, 3.05) is 6.54 Å². The van der Waals surface area contributed by atoms with Crippen LogP contribution in [0.25, 0.3) is 11.3 Å². The Bertz CT molecular complexity index is 905. The first-order valence-corrected chi connectivity index (χ1v) is 9.16. The molecule has 0 radical (unpaired) electrons. The molecule has 4 nitrogen and oxygen atoms in total. The Kier molecular flexibility index (Phi) is 4.51. The number of nitrogens with zero attached hydrogens (tertiary/aromatic N) is 2. The van der Waals surface area contributed by atoms with E-state index in [1.807, 2.05) is 35.2 Å². The molecule has 1 N–H and O–H groups in total. The van der Waals surface area contributed by atoms with Gasteiger partial charge in [-0.25, -0.2) is 0 Å². The molecule has 5 heteroatoms. The van der Waals surface area contributed by atoms with E-state index in [1.54, 1.807) is 6.20 Å². The normalized spacial score (nSPS) is 19.7. The monoisotopic (exact) mass is 365 g/mol. The molecule has 0 saturated carbocycles. The SMILES string of the molecule is CC1CC(c2ccccc2)CN1C(=O)c1cn[nH]c1-c1ccc(Cl)cc1. The van der Waals surface area contributed by atoms with Gasteiger partial charge in [0.25, 0.3) is 5.91 Å². The van der Waals surface area contributed by atoms with Crippen LogP contribution in [-0.4, -0.2) is 33.6 Å². The van der Waals surface area contributed by atoms with Crippen LogP contribution in [0.5, 0.6) is 0 Å². The van der Waals surface area contributed by atoms with Gasteiger partial charge in [0.05, 0.1) is 17.5 Å². The van der Waals surface area contributed by atoms with E-state index in [1.165, 1.54) is 5.56 Å². The second-order valence-electron chi connectivity index (χ2n) is 6.82. The van der Waals surface area contributed by atoms with Gasteiger partial charge in [0.1, 0.15) is 0 Å². The third-order valence-corrected chi connectivity index (χ3v) is 5.36. The van der Waals surface area contributed by atoms with Crippen molar-refractivity contribution in [3.8, 4) is 11.3 Å². The number of aromatic nitrogens is 2. The first kappa shape index (κ1) is 16.9. The highest BCUT2D eigenvalue weighted by Crippen LogP contribution is 2.33. The van der Waals surface area contributed by atoms with Crippen molar-refractivity contribution in [2.45, 2.75) is 25.3 Å². The highest BCUT2D eigenvalue weighted by Gasteiger charge is 2.34. The second-order valence-corrected chi connectivity index (χ2v) is 7.25. The smallest absolute Gasteiger partial charge is 0.257 e. The van der Waals surface area contributed by atoms with Crippen LogP contribution in [0.2, 0.25) is 5.02 Å². The molecule has 3 aromatic rings. The molecule has 1 amide bonds. The fourth-order valence-electron chi connectivity index (χ4n) is 3.72. The van der Waals surface area contributed by atoms with Gasteiger partial charge >= 0.3 is 0 Å². The predicted octanol–water partition coefficient (Wildman–Crippen LogP) is 4.75. The summed E-state index contributed by atoms with van der Waals surface area (Å²) in [5, 5.41) is 7.74. The number of aromatic amines is 1. The molecule has 132 valence electrons. The van der Waals surface area contributed by atoms with E-state index < -0.39 is 0 Å². The van der Waals surface area contributed by atoms with Crippen LogP contribution in [-0.2, 0) is 0 Å². The maximum absolute atomic E-state index is 13.2. The van der Waals surface area contributed by atoms with Gasteiger partial charge in [-0.3, -0.25) is 9.89 Å². The molecule has 0 aliphatic carbocycles. The molecule has 4 rings (SSSR count). The maximum Gasteiger partial charge on any atom is 0.257 e. The quantitative estimate of drug-likeness (QED) is 0.728. The van der Waals surface area contributed by atoms with Crippen LogP contribution in [0.4, 0.5) is 0 Å². The molecule has 2 atom stereocenters. The van der Waals surface area contributed by atoms with Gasteiger partial charge in [0, 0.05) is 29.1 Å². The predicted molar refractivity (Wildman–Crippen MR) is 103 cm³/mol. The highest BCUT2D eigenvalue weighted by molar-refractivity contribution is 6.30. The standard InChI is InChI=1S/C21H20ClN3O/c1-14-11-17(15-5-3-2-4-6-15)13-25(14)21(26)19-12-23-24-20(19)16-7-9-18(22)10-8-16/h2-10,12,14,17H,11,13H2,1H3,(H,23,24). The number of carbonyl (C=O) groups excluding carboxylic acids is 1. The van der Waals surface area contributed by atoms with Crippen molar-refractivity contribution in [1.82, 2.24) is 15.1 Å². The van der Waals surface area contributed by atoms with Crippen LogP contribution in [0.1, 0.15) is 35.2 Å². The molecular weight excluding hydrogens is 346 g/mol. The Morgan fingerprint density at radius 1 is 1.15 bits per heavy atom. The van der Waals surface area contributed by atoms with Crippen LogP contribution in [0.3, 0.4) is 0 Å². The lowest BCUT2D eigenvalue weighted by molar-refractivity contribution is 0.0746. The van der Waals surface area contributed by atoms with Gasteiger partial charge in [-0.2, -0.15) is 5.10 Å². The minimum atomic E-state index is 0.0228. The molecule has 1 saturated heterocycles. The number of H-pyrrole nitrogens is 1. The number of hydrogen-bond acceptors (Lipinski definition) is 2. The lowest BCUT2D eigenvalue weighted by atomic mass is 9.97. The second kappa shape index (κ2) is 6.96. The molecular formula is C21H20ClN3O. The zero-order valence-electron chi connectivity index (χ0n) is 14.5. The summed E-state index contributed by atoms with van der Waals surface area (Å²) in [6.45, 7) is 2.85. The van der Waals surface area contributed by atoms with E-state index in [0.29, 0.717) is 16.5 Å². The van der Waals surface area contributed by atoms with Gasteiger partial charge in [0.2, 0.25) is 0 Å². The lowest BCUT2D eigenvalue weighted by Gasteiger charge is -2.21. The van der Waals surface area contributed by atoms with Crippen molar-refractivity contribution < 1.29 is 4.79 Å². The Morgan fingerprint density at radius 3 is 2.62 bits per heavy atom. The molecule has 1 aliphatic heterocycles. The molecule has 0 bridgehead atoms. The average molecular weight is 366 g/mol. The topological polar surface area (TPSA) is 49.0 Å². The molecule has 0 spiro atoms. The summed E-state index contributed by atoms with van der Waals surface area (Å²) in [4.78, 5) is 15.2. The largest absolute Gasteiger partial charge is 0.335 e.